The maximum absolute atomic E-state index is 5.94. The third-order valence-electron chi connectivity index (χ3n) is 4.15. The van der Waals surface area contributed by atoms with Crippen molar-refractivity contribution in [2.45, 2.75) is 51.5 Å². The number of furan rings is 1. The van der Waals surface area contributed by atoms with Crippen molar-refractivity contribution in [3.63, 3.8) is 0 Å². The van der Waals surface area contributed by atoms with Crippen LogP contribution in [0.25, 0.3) is 0 Å². The molecule has 0 aliphatic heterocycles. The lowest BCUT2D eigenvalue weighted by Crippen LogP contribution is -2.15. The highest BCUT2D eigenvalue weighted by Gasteiger charge is 2.21. The number of aryl methyl sites for hydroxylation is 3. The number of thiophene rings is 1. The highest BCUT2D eigenvalue weighted by Crippen LogP contribution is 2.35. The average molecular weight is 289 g/mol. The van der Waals surface area contributed by atoms with Crippen molar-refractivity contribution in [3.8, 4) is 0 Å². The third kappa shape index (κ3) is 2.70. The first kappa shape index (κ1) is 13.9. The van der Waals surface area contributed by atoms with Gasteiger partial charge in [-0.05, 0) is 56.5 Å². The number of hydrogen-bond donors (Lipinski definition) is 1. The minimum atomic E-state index is 0.201. The monoisotopic (exact) mass is 289 g/mol. The van der Waals surface area contributed by atoms with E-state index in [1.807, 2.05) is 18.4 Å². The molecule has 0 saturated carbocycles. The molecule has 1 N–H and O–H groups in total. The Morgan fingerprint density at radius 2 is 2.10 bits per heavy atom. The maximum atomic E-state index is 5.94. The Hall–Kier alpha value is -1.06. The van der Waals surface area contributed by atoms with Gasteiger partial charge in [0.25, 0.3) is 0 Å². The highest BCUT2D eigenvalue weighted by molar-refractivity contribution is 7.12. The quantitative estimate of drug-likeness (QED) is 0.839. The topological polar surface area (TPSA) is 25.2 Å². The summed E-state index contributed by atoms with van der Waals surface area (Å²) in [5, 5.41) is 3.41. The van der Waals surface area contributed by atoms with Crippen molar-refractivity contribution >= 4 is 11.3 Å². The fourth-order valence-corrected chi connectivity index (χ4v) is 4.37. The molecule has 1 aliphatic rings. The fourth-order valence-electron chi connectivity index (χ4n) is 3.00. The smallest absolute Gasteiger partial charge is 0.126 e. The van der Waals surface area contributed by atoms with E-state index in [9.17, 15) is 0 Å². The normalized spacial score (nSPS) is 16.7. The molecule has 1 unspecified atom stereocenters. The van der Waals surface area contributed by atoms with Crippen molar-refractivity contribution < 1.29 is 4.42 Å². The van der Waals surface area contributed by atoms with Gasteiger partial charge in [-0.15, -0.1) is 11.3 Å². The van der Waals surface area contributed by atoms with Crippen LogP contribution in [0.5, 0.6) is 0 Å². The standard InChI is InChI=1S/C17H23NOS/c1-3-13-9-10-14(19-13)17(18-2)16-11-12-7-5-4-6-8-15(12)20-16/h9-11,17-18H,3-8H2,1-2H3. The van der Waals surface area contributed by atoms with E-state index in [1.54, 1.807) is 10.4 Å². The van der Waals surface area contributed by atoms with E-state index in [2.05, 4.69) is 30.4 Å². The molecule has 0 radical (unpaired) electrons. The second-order valence-corrected chi connectivity index (χ2v) is 6.71. The Kier molecular flexibility index (Phi) is 4.27. The molecule has 2 aromatic rings. The predicted octanol–water partition coefficient (Wildman–Crippen LogP) is 4.48. The molecule has 2 heterocycles. The molecule has 1 aliphatic carbocycles. The van der Waals surface area contributed by atoms with Crippen molar-refractivity contribution in [2.75, 3.05) is 7.05 Å². The van der Waals surface area contributed by atoms with Crippen molar-refractivity contribution in [1.82, 2.24) is 5.32 Å². The second kappa shape index (κ2) is 6.15. The van der Waals surface area contributed by atoms with Gasteiger partial charge in [0, 0.05) is 16.2 Å². The lowest BCUT2D eigenvalue weighted by molar-refractivity contribution is 0.436. The summed E-state index contributed by atoms with van der Waals surface area (Å²) < 4.78 is 5.94. The van der Waals surface area contributed by atoms with E-state index in [0.717, 1.165) is 17.9 Å². The van der Waals surface area contributed by atoms with E-state index in [-0.39, 0.29) is 6.04 Å². The Morgan fingerprint density at radius 1 is 1.25 bits per heavy atom. The van der Waals surface area contributed by atoms with Gasteiger partial charge in [0.05, 0.1) is 0 Å². The first-order valence-corrected chi connectivity index (χ1v) is 8.50. The molecule has 2 aromatic heterocycles. The fraction of sp³-hybridized carbons (Fsp3) is 0.529. The minimum Gasteiger partial charge on any atom is -0.464 e. The largest absolute Gasteiger partial charge is 0.464 e. The van der Waals surface area contributed by atoms with Crippen molar-refractivity contribution in [2.24, 2.45) is 0 Å². The summed E-state index contributed by atoms with van der Waals surface area (Å²) >= 11 is 1.97. The molecule has 0 amide bonds. The minimum absolute atomic E-state index is 0.201. The van der Waals surface area contributed by atoms with E-state index >= 15 is 0 Å². The first-order valence-electron chi connectivity index (χ1n) is 7.69. The van der Waals surface area contributed by atoms with Crippen LogP contribution in [0.4, 0.5) is 0 Å². The van der Waals surface area contributed by atoms with Crippen LogP contribution < -0.4 is 5.32 Å². The van der Waals surface area contributed by atoms with Crippen LogP contribution in [0.15, 0.2) is 22.6 Å². The number of fused-ring (bicyclic) bond motifs is 1. The van der Waals surface area contributed by atoms with Gasteiger partial charge in [0.1, 0.15) is 17.6 Å². The van der Waals surface area contributed by atoms with Gasteiger partial charge in [-0.3, -0.25) is 0 Å². The second-order valence-electron chi connectivity index (χ2n) is 5.54. The van der Waals surface area contributed by atoms with Gasteiger partial charge < -0.3 is 9.73 Å². The van der Waals surface area contributed by atoms with Crippen LogP contribution in [0.3, 0.4) is 0 Å². The number of nitrogens with one attached hydrogen (secondary N) is 1. The van der Waals surface area contributed by atoms with Crippen molar-refractivity contribution in [1.29, 1.82) is 0 Å². The molecule has 0 saturated heterocycles. The van der Waals surface area contributed by atoms with E-state index < -0.39 is 0 Å². The van der Waals surface area contributed by atoms with Gasteiger partial charge in [-0.2, -0.15) is 0 Å². The zero-order valence-corrected chi connectivity index (χ0v) is 13.2. The molecular weight excluding hydrogens is 266 g/mol. The molecule has 0 spiro atoms. The molecule has 3 heteroatoms. The van der Waals surface area contributed by atoms with Crippen LogP contribution in [0.1, 0.15) is 59.1 Å². The van der Waals surface area contributed by atoms with Crippen LogP contribution in [0, 0.1) is 0 Å². The van der Waals surface area contributed by atoms with E-state index in [4.69, 9.17) is 4.42 Å². The van der Waals surface area contributed by atoms with Crippen LogP contribution >= 0.6 is 11.3 Å². The Balaban J connectivity index is 1.89. The maximum Gasteiger partial charge on any atom is 0.126 e. The Labute approximate surface area is 125 Å². The van der Waals surface area contributed by atoms with Crippen LogP contribution in [0.2, 0.25) is 0 Å². The molecule has 3 rings (SSSR count). The number of hydrogen-bond acceptors (Lipinski definition) is 3. The molecule has 0 aromatic carbocycles. The Bertz CT molecular complexity index is 546. The van der Waals surface area contributed by atoms with Crippen molar-refractivity contribution in [3.05, 3.63) is 45.0 Å². The van der Waals surface area contributed by atoms with Gasteiger partial charge in [0.15, 0.2) is 0 Å². The summed E-state index contributed by atoms with van der Waals surface area (Å²) in [6.07, 6.45) is 7.53. The SMILES string of the molecule is CCc1ccc(C(NC)c2cc3c(s2)CCCCC3)o1. The van der Waals surface area contributed by atoms with E-state index in [1.165, 1.54) is 37.0 Å². The molecule has 2 nitrogen and oxygen atoms in total. The predicted molar refractivity (Wildman–Crippen MR) is 84.6 cm³/mol. The average Bonchev–Trinajstić information content (AvgIpc) is 3.03. The summed E-state index contributed by atoms with van der Waals surface area (Å²) in [6.45, 7) is 2.13. The highest BCUT2D eigenvalue weighted by atomic mass is 32.1. The van der Waals surface area contributed by atoms with Gasteiger partial charge in [-0.1, -0.05) is 13.3 Å². The molecule has 0 bridgehead atoms. The summed E-state index contributed by atoms with van der Waals surface area (Å²) in [5.41, 5.74) is 1.57. The lowest BCUT2D eigenvalue weighted by Gasteiger charge is -2.11. The zero-order valence-electron chi connectivity index (χ0n) is 12.4. The van der Waals surface area contributed by atoms with Crippen LogP contribution in [-0.4, -0.2) is 7.05 Å². The Morgan fingerprint density at radius 3 is 2.85 bits per heavy atom. The molecular formula is C17H23NOS. The molecule has 0 fully saturated rings. The summed E-state index contributed by atoms with van der Waals surface area (Å²) in [6, 6.07) is 6.82. The van der Waals surface area contributed by atoms with Gasteiger partial charge in [-0.25, -0.2) is 0 Å². The lowest BCUT2D eigenvalue weighted by atomic mass is 10.1. The first-order chi connectivity index (χ1) is 9.81. The molecule has 1 atom stereocenters. The van der Waals surface area contributed by atoms with Gasteiger partial charge in [0.2, 0.25) is 0 Å². The number of rotatable bonds is 4. The summed E-state index contributed by atoms with van der Waals surface area (Å²) in [7, 11) is 2.02. The third-order valence-corrected chi connectivity index (χ3v) is 5.46. The summed E-state index contributed by atoms with van der Waals surface area (Å²) in [4.78, 5) is 3.00. The van der Waals surface area contributed by atoms with Gasteiger partial charge >= 0.3 is 0 Å². The van der Waals surface area contributed by atoms with Crippen LogP contribution in [-0.2, 0) is 19.3 Å². The molecule has 108 valence electrons. The molecule has 20 heavy (non-hydrogen) atoms. The summed E-state index contributed by atoms with van der Waals surface area (Å²) in [5.74, 6) is 2.11. The van der Waals surface area contributed by atoms with E-state index in [0.29, 0.717) is 0 Å². The zero-order chi connectivity index (χ0) is 13.9.